The number of benzene rings is 1. The first-order valence-electron chi connectivity index (χ1n) is 11.2. The second kappa shape index (κ2) is 10.8. The van der Waals surface area contributed by atoms with Crippen LogP contribution in [-0.4, -0.2) is 73.5 Å². The van der Waals surface area contributed by atoms with E-state index in [4.69, 9.17) is 4.74 Å². The molecule has 0 bridgehead atoms. The van der Waals surface area contributed by atoms with Crippen LogP contribution in [0, 0.1) is 5.92 Å². The number of hydrogen-bond donors (Lipinski definition) is 1. The second-order valence-electron chi connectivity index (χ2n) is 9.04. The lowest BCUT2D eigenvalue weighted by Gasteiger charge is -2.35. The number of likely N-dealkylation sites (N-methyl/N-ethyl adjacent to an activating group) is 2. The van der Waals surface area contributed by atoms with Gasteiger partial charge in [-0.05, 0) is 45.0 Å². The molecule has 1 N–H and O–H groups in total. The summed E-state index contributed by atoms with van der Waals surface area (Å²) in [5.74, 6) is -0.670. The number of nitrogens with one attached hydrogen (secondary N) is 1. The molecular weight excluding hydrogens is 406 g/mol. The van der Waals surface area contributed by atoms with Gasteiger partial charge in [-0.15, -0.1) is 0 Å². The first-order valence-corrected chi connectivity index (χ1v) is 11.2. The molecular formula is C25H37N3O4. The molecule has 7 nitrogen and oxygen atoms in total. The van der Waals surface area contributed by atoms with Crippen LogP contribution in [0.4, 0.5) is 0 Å². The average Bonchev–Trinajstić information content (AvgIpc) is 3.16. The van der Waals surface area contributed by atoms with E-state index in [1.54, 1.807) is 31.9 Å². The fourth-order valence-corrected chi connectivity index (χ4v) is 4.21. The molecule has 0 aromatic heterocycles. The van der Waals surface area contributed by atoms with Gasteiger partial charge in [0.05, 0.1) is 19.2 Å². The molecule has 1 aliphatic rings. The predicted octanol–water partition coefficient (Wildman–Crippen LogP) is 2.19. The first kappa shape index (κ1) is 25.6. The van der Waals surface area contributed by atoms with Crippen LogP contribution < -0.4 is 5.32 Å². The van der Waals surface area contributed by atoms with Crippen LogP contribution in [-0.2, 0) is 32.0 Å². The highest BCUT2D eigenvalue weighted by Crippen LogP contribution is 2.33. The van der Waals surface area contributed by atoms with Crippen LogP contribution in [0.15, 0.2) is 35.9 Å². The van der Waals surface area contributed by atoms with Crippen LogP contribution in [0.2, 0.25) is 0 Å². The standard InChI is InChI=1S/C25H37N3O4/c1-8-32-23(30)18(4)13-21(17(2)3)28(7)22(29)16-26-24(31)25(27(5)6)14-19-11-9-10-12-20(19)15-25/h9-13,17,21H,8,14-16H2,1-7H3,(H,26,31)/t21-/m1/s1. The third-order valence-electron chi connectivity index (χ3n) is 6.30. The Balaban J connectivity index is 2.08. The highest BCUT2D eigenvalue weighted by molar-refractivity contribution is 5.92. The van der Waals surface area contributed by atoms with Gasteiger partial charge in [0.2, 0.25) is 11.8 Å². The average molecular weight is 444 g/mol. The summed E-state index contributed by atoms with van der Waals surface area (Å²) in [5.41, 5.74) is 2.09. The van der Waals surface area contributed by atoms with E-state index >= 15 is 0 Å². The number of rotatable bonds is 9. The van der Waals surface area contributed by atoms with Crippen molar-refractivity contribution in [2.24, 2.45) is 5.92 Å². The summed E-state index contributed by atoms with van der Waals surface area (Å²) in [6, 6.07) is 7.79. The zero-order chi connectivity index (χ0) is 24.1. The Morgan fingerprint density at radius 3 is 2.16 bits per heavy atom. The summed E-state index contributed by atoms with van der Waals surface area (Å²) in [7, 11) is 5.50. The number of fused-ring (bicyclic) bond motifs is 1. The molecule has 0 radical (unpaired) electrons. The molecule has 2 rings (SSSR count). The molecule has 176 valence electrons. The summed E-state index contributed by atoms with van der Waals surface area (Å²) >= 11 is 0. The van der Waals surface area contributed by atoms with E-state index in [9.17, 15) is 14.4 Å². The number of amides is 2. The minimum Gasteiger partial charge on any atom is -0.463 e. The van der Waals surface area contributed by atoms with Gasteiger partial charge in [0.15, 0.2) is 0 Å². The normalized spacial score (nSPS) is 16.0. The number of carbonyl (C=O) groups is 3. The van der Waals surface area contributed by atoms with E-state index in [1.165, 1.54) is 11.1 Å². The number of hydrogen-bond acceptors (Lipinski definition) is 5. The van der Waals surface area contributed by atoms with Crippen molar-refractivity contribution in [3.63, 3.8) is 0 Å². The topological polar surface area (TPSA) is 79.0 Å². The van der Waals surface area contributed by atoms with Crippen molar-refractivity contribution < 1.29 is 19.1 Å². The number of esters is 1. The fourth-order valence-electron chi connectivity index (χ4n) is 4.21. The van der Waals surface area contributed by atoms with E-state index < -0.39 is 5.54 Å². The summed E-state index contributed by atoms with van der Waals surface area (Å²) < 4.78 is 5.05. The highest BCUT2D eigenvalue weighted by Gasteiger charge is 2.45. The molecule has 7 heteroatoms. The van der Waals surface area contributed by atoms with Gasteiger partial charge >= 0.3 is 5.97 Å². The van der Waals surface area contributed by atoms with Crippen molar-refractivity contribution in [2.45, 2.75) is 52.1 Å². The summed E-state index contributed by atoms with van der Waals surface area (Å²) in [6.45, 7) is 7.61. The minimum atomic E-state index is -0.708. The lowest BCUT2D eigenvalue weighted by Crippen LogP contribution is -2.58. The molecule has 0 unspecified atom stereocenters. The van der Waals surface area contributed by atoms with Crippen molar-refractivity contribution in [2.75, 3.05) is 34.3 Å². The van der Waals surface area contributed by atoms with Crippen molar-refractivity contribution in [1.29, 1.82) is 0 Å². The summed E-state index contributed by atoms with van der Waals surface area (Å²) in [6.07, 6.45) is 2.99. The van der Waals surface area contributed by atoms with Gasteiger partial charge in [-0.1, -0.05) is 44.2 Å². The summed E-state index contributed by atoms with van der Waals surface area (Å²) in [4.78, 5) is 41.7. The number of nitrogens with zero attached hydrogens (tertiary/aromatic N) is 2. The van der Waals surface area contributed by atoms with E-state index in [0.29, 0.717) is 25.0 Å². The zero-order valence-corrected chi connectivity index (χ0v) is 20.4. The van der Waals surface area contributed by atoms with Crippen LogP contribution in [0.1, 0.15) is 38.8 Å². The molecule has 1 atom stereocenters. The molecule has 1 aromatic carbocycles. The Bertz CT molecular complexity index is 851. The highest BCUT2D eigenvalue weighted by atomic mass is 16.5. The van der Waals surface area contributed by atoms with Gasteiger partial charge < -0.3 is 15.0 Å². The van der Waals surface area contributed by atoms with Gasteiger partial charge in [0.25, 0.3) is 0 Å². The third-order valence-corrected chi connectivity index (χ3v) is 6.30. The quantitative estimate of drug-likeness (QED) is 0.468. The maximum Gasteiger partial charge on any atom is 0.333 e. The second-order valence-corrected chi connectivity index (χ2v) is 9.04. The van der Waals surface area contributed by atoms with E-state index in [-0.39, 0.29) is 36.3 Å². The van der Waals surface area contributed by atoms with Gasteiger partial charge in [0.1, 0.15) is 5.54 Å². The predicted molar refractivity (Wildman–Crippen MR) is 125 cm³/mol. The van der Waals surface area contributed by atoms with E-state index in [2.05, 4.69) is 17.4 Å². The maximum atomic E-state index is 13.3. The Kier molecular flexibility index (Phi) is 8.61. The van der Waals surface area contributed by atoms with E-state index in [0.717, 1.165) is 0 Å². The summed E-state index contributed by atoms with van der Waals surface area (Å²) in [5, 5.41) is 2.87. The fraction of sp³-hybridized carbons (Fsp3) is 0.560. The van der Waals surface area contributed by atoms with Crippen LogP contribution in [0.25, 0.3) is 0 Å². The van der Waals surface area contributed by atoms with Gasteiger partial charge in [0, 0.05) is 25.5 Å². The molecule has 1 aromatic rings. The maximum absolute atomic E-state index is 13.3. The number of ether oxygens (including phenoxy) is 1. The lowest BCUT2D eigenvalue weighted by molar-refractivity contribution is -0.138. The van der Waals surface area contributed by atoms with Crippen molar-refractivity contribution in [3.8, 4) is 0 Å². The molecule has 32 heavy (non-hydrogen) atoms. The molecule has 0 saturated carbocycles. The zero-order valence-electron chi connectivity index (χ0n) is 20.4. The van der Waals surface area contributed by atoms with Crippen molar-refractivity contribution in [1.82, 2.24) is 15.1 Å². The first-order chi connectivity index (χ1) is 15.0. The Hall–Kier alpha value is -2.67. The van der Waals surface area contributed by atoms with Gasteiger partial charge in [-0.3, -0.25) is 14.5 Å². The Morgan fingerprint density at radius 2 is 1.69 bits per heavy atom. The molecule has 0 heterocycles. The van der Waals surface area contributed by atoms with Crippen molar-refractivity contribution in [3.05, 3.63) is 47.0 Å². The van der Waals surface area contributed by atoms with Crippen LogP contribution in [0.5, 0.6) is 0 Å². The number of carbonyl (C=O) groups excluding carboxylic acids is 3. The van der Waals surface area contributed by atoms with Gasteiger partial charge in [-0.2, -0.15) is 0 Å². The molecule has 2 amide bonds. The van der Waals surface area contributed by atoms with Crippen molar-refractivity contribution >= 4 is 17.8 Å². The smallest absolute Gasteiger partial charge is 0.333 e. The molecule has 0 aliphatic heterocycles. The SMILES string of the molecule is CCOC(=O)C(C)=C[C@H](C(C)C)N(C)C(=O)CNC(=O)C1(N(C)C)Cc2ccccc2C1. The third kappa shape index (κ3) is 5.57. The monoisotopic (exact) mass is 443 g/mol. The van der Waals surface area contributed by atoms with E-state index in [1.807, 2.05) is 45.0 Å². The molecule has 0 saturated heterocycles. The van der Waals surface area contributed by atoms with Gasteiger partial charge in [-0.25, -0.2) is 4.79 Å². The molecule has 0 spiro atoms. The molecule has 1 aliphatic carbocycles. The minimum absolute atomic E-state index is 0.0847. The van der Waals surface area contributed by atoms with Crippen LogP contribution in [0.3, 0.4) is 0 Å². The Labute approximate surface area is 191 Å². The lowest BCUT2D eigenvalue weighted by atomic mass is 9.93. The van der Waals surface area contributed by atoms with Crippen LogP contribution >= 0.6 is 0 Å². The molecule has 0 fully saturated rings. The largest absolute Gasteiger partial charge is 0.463 e. The Morgan fingerprint density at radius 1 is 1.12 bits per heavy atom.